The molecule has 0 saturated carbocycles. The maximum Gasteiger partial charge on any atom is 0.160 e. The van der Waals surface area contributed by atoms with Gasteiger partial charge in [-0.2, -0.15) is 0 Å². The molecular weight excluding hydrogens is 272 g/mol. The van der Waals surface area contributed by atoms with Crippen molar-refractivity contribution in [3.8, 4) is 0 Å². The highest BCUT2D eigenvalue weighted by Gasteiger charge is 2.18. The van der Waals surface area contributed by atoms with E-state index in [0.29, 0.717) is 11.9 Å². The summed E-state index contributed by atoms with van der Waals surface area (Å²) in [5, 5.41) is 0. The zero-order chi connectivity index (χ0) is 14.7. The summed E-state index contributed by atoms with van der Waals surface area (Å²) in [5.74, 6) is 1.32. The van der Waals surface area contributed by atoms with Gasteiger partial charge in [-0.1, -0.05) is 13.8 Å². The van der Waals surface area contributed by atoms with Gasteiger partial charge in [0.1, 0.15) is 11.3 Å². The lowest BCUT2D eigenvalue weighted by Gasteiger charge is -2.24. The van der Waals surface area contributed by atoms with Crippen molar-refractivity contribution in [2.45, 2.75) is 39.6 Å². The Morgan fingerprint density at radius 2 is 2.05 bits per heavy atom. The number of hydrogen-bond acceptors (Lipinski definition) is 3. The molecule has 1 unspecified atom stereocenters. The van der Waals surface area contributed by atoms with Crippen LogP contribution in [0.15, 0.2) is 12.3 Å². The second-order valence-corrected chi connectivity index (χ2v) is 5.49. The molecule has 1 atom stereocenters. The summed E-state index contributed by atoms with van der Waals surface area (Å²) >= 11 is 6.07. The number of aromatic nitrogens is 3. The van der Waals surface area contributed by atoms with E-state index in [9.17, 15) is 0 Å². The Morgan fingerprint density at radius 3 is 2.65 bits per heavy atom. The molecule has 0 radical (unpaired) electrons. The van der Waals surface area contributed by atoms with Gasteiger partial charge in [-0.25, -0.2) is 9.97 Å². The van der Waals surface area contributed by atoms with Gasteiger partial charge in [0, 0.05) is 18.8 Å². The Hall–Kier alpha value is -1.13. The molecule has 0 aliphatic rings. The van der Waals surface area contributed by atoms with E-state index in [1.54, 1.807) is 0 Å². The SMILES string of the molecule is CCN(CC)CC(C)n1c(CCl)nc2cc(C)cnc21. The summed E-state index contributed by atoms with van der Waals surface area (Å²) in [6.45, 7) is 11.7. The number of likely N-dealkylation sites (N-methyl/N-ethyl adjacent to an activating group) is 1. The summed E-state index contributed by atoms with van der Waals surface area (Å²) in [4.78, 5) is 11.6. The molecule has 0 bridgehead atoms. The zero-order valence-corrected chi connectivity index (χ0v) is 13.5. The Balaban J connectivity index is 2.41. The van der Waals surface area contributed by atoms with E-state index in [2.05, 4.69) is 46.3 Å². The monoisotopic (exact) mass is 294 g/mol. The van der Waals surface area contributed by atoms with Crippen molar-refractivity contribution in [2.24, 2.45) is 0 Å². The number of halogens is 1. The lowest BCUT2D eigenvalue weighted by Crippen LogP contribution is -2.30. The highest BCUT2D eigenvalue weighted by molar-refractivity contribution is 6.16. The molecule has 4 nitrogen and oxygen atoms in total. The normalized spacial score (nSPS) is 13.3. The van der Waals surface area contributed by atoms with E-state index in [-0.39, 0.29) is 0 Å². The van der Waals surface area contributed by atoms with E-state index in [1.807, 2.05) is 13.1 Å². The fourth-order valence-corrected chi connectivity index (χ4v) is 2.81. The third-order valence-corrected chi connectivity index (χ3v) is 3.96. The second kappa shape index (κ2) is 6.55. The number of rotatable bonds is 6. The molecule has 0 spiro atoms. The van der Waals surface area contributed by atoms with Crippen LogP contribution >= 0.6 is 11.6 Å². The van der Waals surface area contributed by atoms with Gasteiger partial charge in [0.2, 0.25) is 0 Å². The number of imidazole rings is 1. The second-order valence-electron chi connectivity index (χ2n) is 5.22. The topological polar surface area (TPSA) is 34.0 Å². The van der Waals surface area contributed by atoms with Crippen molar-refractivity contribution in [3.63, 3.8) is 0 Å². The van der Waals surface area contributed by atoms with Crippen molar-refractivity contribution < 1.29 is 0 Å². The predicted molar refractivity (Wildman–Crippen MR) is 84.3 cm³/mol. The lowest BCUT2D eigenvalue weighted by atomic mass is 10.2. The van der Waals surface area contributed by atoms with Crippen molar-refractivity contribution in [3.05, 3.63) is 23.7 Å². The first-order valence-electron chi connectivity index (χ1n) is 7.22. The third-order valence-electron chi connectivity index (χ3n) is 3.72. The molecule has 5 heteroatoms. The number of hydrogen-bond donors (Lipinski definition) is 0. The molecule has 0 aliphatic carbocycles. The average Bonchev–Trinajstić information content (AvgIpc) is 2.81. The quantitative estimate of drug-likeness (QED) is 0.766. The Kier molecular flexibility index (Phi) is 5.00. The molecule has 0 saturated heterocycles. The van der Waals surface area contributed by atoms with Crippen molar-refractivity contribution in [1.82, 2.24) is 19.4 Å². The Bertz CT molecular complexity index is 575. The van der Waals surface area contributed by atoms with Crippen molar-refractivity contribution in [1.29, 1.82) is 0 Å². The first-order valence-corrected chi connectivity index (χ1v) is 7.75. The van der Waals surface area contributed by atoms with Crippen LogP contribution in [-0.4, -0.2) is 39.1 Å². The Morgan fingerprint density at radius 1 is 1.35 bits per heavy atom. The van der Waals surface area contributed by atoms with E-state index < -0.39 is 0 Å². The molecule has 0 N–H and O–H groups in total. The van der Waals surface area contributed by atoms with Crippen LogP contribution in [0.1, 0.15) is 38.2 Å². The first kappa shape index (κ1) is 15.3. The van der Waals surface area contributed by atoms with Gasteiger partial charge in [-0.05, 0) is 38.6 Å². The van der Waals surface area contributed by atoms with Gasteiger partial charge in [0.25, 0.3) is 0 Å². The smallest absolute Gasteiger partial charge is 0.160 e. The van der Waals surface area contributed by atoms with E-state index in [0.717, 1.165) is 42.2 Å². The van der Waals surface area contributed by atoms with Gasteiger partial charge < -0.3 is 9.47 Å². The van der Waals surface area contributed by atoms with Crippen LogP contribution in [0.2, 0.25) is 0 Å². The standard InChI is InChI=1S/C15H23ClN4/c1-5-19(6-2)10-12(4)20-14(8-16)18-13-7-11(3)9-17-15(13)20/h7,9,12H,5-6,8,10H2,1-4H3. The molecule has 0 aliphatic heterocycles. The summed E-state index contributed by atoms with van der Waals surface area (Å²) in [6, 6.07) is 2.38. The van der Waals surface area contributed by atoms with E-state index >= 15 is 0 Å². The van der Waals surface area contributed by atoms with Gasteiger partial charge in [0.15, 0.2) is 5.65 Å². The van der Waals surface area contributed by atoms with Crippen LogP contribution in [0.3, 0.4) is 0 Å². The summed E-state index contributed by atoms with van der Waals surface area (Å²) in [6.07, 6.45) is 1.89. The van der Waals surface area contributed by atoms with Crippen molar-refractivity contribution in [2.75, 3.05) is 19.6 Å². The summed E-state index contributed by atoms with van der Waals surface area (Å²) in [7, 11) is 0. The number of aryl methyl sites for hydroxylation is 1. The molecule has 2 rings (SSSR count). The van der Waals surface area contributed by atoms with Crippen LogP contribution in [0, 0.1) is 6.92 Å². The molecule has 0 amide bonds. The molecule has 20 heavy (non-hydrogen) atoms. The highest BCUT2D eigenvalue weighted by atomic mass is 35.5. The van der Waals surface area contributed by atoms with Crippen LogP contribution in [0.25, 0.3) is 11.2 Å². The number of nitrogens with zero attached hydrogens (tertiary/aromatic N) is 4. The largest absolute Gasteiger partial charge is 0.308 e. The fourth-order valence-electron chi connectivity index (χ4n) is 2.62. The number of fused-ring (bicyclic) bond motifs is 1. The van der Waals surface area contributed by atoms with Gasteiger partial charge >= 0.3 is 0 Å². The van der Waals surface area contributed by atoms with Crippen LogP contribution in [-0.2, 0) is 5.88 Å². The third kappa shape index (κ3) is 2.96. The van der Waals surface area contributed by atoms with Crippen molar-refractivity contribution >= 4 is 22.8 Å². The molecule has 110 valence electrons. The minimum Gasteiger partial charge on any atom is -0.308 e. The molecule has 2 aromatic rings. The van der Waals surface area contributed by atoms with Gasteiger partial charge in [0.05, 0.1) is 5.88 Å². The maximum absolute atomic E-state index is 6.07. The summed E-state index contributed by atoms with van der Waals surface area (Å²) < 4.78 is 2.18. The predicted octanol–water partition coefficient (Wildman–Crippen LogP) is 3.38. The maximum atomic E-state index is 6.07. The molecule has 0 fully saturated rings. The molecular formula is C15H23ClN4. The van der Waals surface area contributed by atoms with E-state index in [4.69, 9.17) is 11.6 Å². The first-order chi connectivity index (χ1) is 9.60. The Labute approximate surface area is 125 Å². The van der Waals surface area contributed by atoms with Gasteiger partial charge in [-0.3, -0.25) is 0 Å². The van der Waals surface area contributed by atoms with Crippen LogP contribution in [0.5, 0.6) is 0 Å². The lowest BCUT2D eigenvalue weighted by molar-refractivity contribution is 0.261. The van der Waals surface area contributed by atoms with Gasteiger partial charge in [-0.15, -0.1) is 11.6 Å². The highest BCUT2D eigenvalue weighted by Crippen LogP contribution is 2.22. The fraction of sp³-hybridized carbons (Fsp3) is 0.600. The minimum atomic E-state index is 0.309. The molecule has 2 heterocycles. The molecule has 0 aromatic carbocycles. The minimum absolute atomic E-state index is 0.309. The molecule has 2 aromatic heterocycles. The number of alkyl halides is 1. The average molecular weight is 295 g/mol. The van der Waals surface area contributed by atoms with Crippen LogP contribution in [0.4, 0.5) is 0 Å². The summed E-state index contributed by atoms with van der Waals surface area (Å²) in [5.41, 5.74) is 3.00. The zero-order valence-electron chi connectivity index (χ0n) is 12.7. The van der Waals surface area contributed by atoms with Crippen LogP contribution < -0.4 is 0 Å². The van der Waals surface area contributed by atoms with E-state index in [1.165, 1.54) is 0 Å². The number of pyridine rings is 1.